The number of oxime groups is 1. The van der Waals surface area contributed by atoms with Gasteiger partial charge in [0.15, 0.2) is 0 Å². The van der Waals surface area contributed by atoms with Gasteiger partial charge in [-0.15, -0.1) is 0 Å². The van der Waals surface area contributed by atoms with Gasteiger partial charge < -0.3 is 9.74 Å². The Balaban J connectivity index is 2.31. The van der Waals surface area contributed by atoms with Crippen LogP contribution in [0.25, 0.3) is 0 Å². The Hall–Kier alpha value is -1.09. The summed E-state index contributed by atoms with van der Waals surface area (Å²) >= 11 is 0. The van der Waals surface area contributed by atoms with E-state index < -0.39 is 0 Å². The van der Waals surface area contributed by atoms with Gasteiger partial charge in [-0.05, 0) is 19.0 Å². The van der Waals surface area contributed by atoms with E-state index in [-0.39, 0.29) is 0 Å². The fraction of sp³-hybridized carbons (Fsp3) is 0.500. The maximum atomic E-state index is 4.91. The second-order valence-electron chi connectivity index (χ2n) is 3.12. The Kier molecular flexibility index (Phi) is 4.26. The van der Waals surface area contributed by atoms with Crippen LogP contribution in [0.5, 0.6) is 0 Å². The lowest BCUT2D eigenvalue weighted by molar-refractivity contribution is 0.176. The molecule has 0 aromatic heterocycles. The van der Waals surface area contributed by atoms with E-state index in [4.69, 9.17) is 4.84 Å². The summed E-state index contributed by atoms with van der Waals surface area (Å²) in [6, 6.07) is 0. The Morgan fingerprint density at radius 3 is 3.31 bits per heavy atom. The predicted molar refractivity (Wildman–Crippen MR) is 54.8 cm³/mol. The minimum atomic E-state index is 0.472. The molecule has 0 unspecified atom stereocenters. The van der Waals surface area contributed by atoms with Crippen molar-refractivity contribution in [3.05, 3.63) is 24.3 Å². The summed E-state index contributed by atoms with van der Waals surface area (Å²) in [5.41, 5.74) is 1.22. The lowest BCUT2D eigenvalue weighted by Gasteiger charge is -2.20. The molecule has 0 aliphatic carbocycles. The van der Waals surface area contributed by atoms with Crippen LogP contribution >= 0.6 is 0 Å². The molecule has 1 heterocycles. The average Bonchev–Trinajstić information content (AvgIpc) is 2.13. The van der Waals surface area contributed by atoms with Crippen molar-refractivity contribution < 1.29 is 4.84 Å². The van der Waals surface area contributed by atoms with E-state index in [1.54, 1.807) is 12.3 Å². The molecule has 1 rings (SSSR count). The number of hydrogen-bond acceptors (Lipinski definition) is 3. The van der Waals surface area contributed by atoms with Crippen molar-refractivity contribution in [3.8, 4) is 0 Å². The van der Waals surface area contributed by atoms with Gasteiger partial charge in [0.1, 0.15) is 6.61 Å². The van der Waals surface area contributed by atoms with Crippen LogP contribution in [-0.4, -0.2) is 37.9 Å². The average molecular weight is 180 g/mol. The molecule has 0 aromatic carbocycles. The lowest BCUT2D eigenvalue weighted by atomic mass is 10.1. The first-order valence-electron chi connectivity index (χ1n) is 4.46. The highest BCUT2D eigenvalue weighted by Crippen LogP contribution is 2.05. The molecule has 3 nitrogen and oxygen atoms in total. The van der Waals surface area contributed by atoms with E-state index in [1.165, 1.54) is 5.57 Å². The molecule has 0 atom stereocenters. The van der Waals surface area contributed by atoms with Crippen molar-refractivity contribution in [1.82, 2.24) is 4.90 Å². The van der Waals surface area contributed by atoms with Gasteiger partial charge in [-0.25, -0.2) is 0 Å². The third-order valence-electron chi connectivity index (χ3n) is 1.86. The topological polar surface area (TPSA) is 24.8 Å². The zero-order valence-electron chi connectivity index (χ0n) is 8.07. The SMILES string of the molecule is C=CCO/N=C/C1=CCCN(C)C1. The zero-order chi connectivity index (χ0) is 9.52. The van der Waals surface area contributed by atoms with Crippen molar-refractivity contribution in [2.75, 3.05) is 26.7 Å². The molecule has 0 bridgehead atoms. The smallest absolute Gasteiger partial charge is 0.135 e. The number of rotatable bonds is 4. The van der Waals surface area contributed by atoms with Gasteiger partial charge in [-0.3, -0.25) is 0 Å². The van der Waals surface area contributed by atoms with E-state index in [2.05, 4.69) is 29.8 Å². The fourth-order valence-electron chi connectivity index (χ4n) is 1.22. The minimum absolute atomic E-state index is 0.472. The van der Waals surface area contributed by atoms with Gasteiger partial charge in [-0.1, -0.05) is 23.9 Å². The Labute approximate surface area is 79.4 Å². The zero-order valence-corrected chi connectivity index (χ0v) is 8.07. The lowest BCUT2D eigenvalue weighted by Crippen LogP contribution is -2.25. The summed E-state index contributed by atoms with van der Waals surface area (Å²) < 4.78 is 0. The Morgan fingerprint density at radius 2 is 2.62 bits per heavy atom. The number of likely N-dealkylation sites (N-methyl/N-ethyl adjacent to an activating group) is 1. The standard InChI is InChI=1S/C10H16N2O/c1-3-7-13-11-8-10-5-4-6-12(2)9-10/h3,5,8H,1,4,6-7,9H2,2H3/b11-8+. The van der Waals surface area contributed by atoms with Crippen LogP contribution in [0, 0.1) is 0 Å². The van der Waals surface area contributed by atoms with E-state index in [1.807, 2.05) is 0 Å². The van der Waals surface area contributed by atoms with Gasteiger partial charge >= 0.3 is 0 Å². The summed E-state index contributed by atoms with van der Waals surface area (Å²) in [7, 11) is 2.10. The molecule has 0 spiro atoms. The summed E-state index contributed by atoms with van der Waals surface area (Å²) in [6.07, 6.45) is 6.75. The van der Waals surface area contributed by atoms with Gasteiger partial charge in [0.2, 0.25) is 0 Å². The van der Waals surface area contributed by atoms with Crippen LogP contribution in [0.2, 0.25) is 0 Å². The highest BCUT2D eigenvalue weighted by molar-refractivity contribution is 5.78. The van der Waals surface area contributed by atoms with Gasteiger partial charge in [0.05, 0.1) is 6.21 Å². The third-order valence-corrected chi connectivity index (χ3v) is 1.86. The fourth-order valence-corrected chi connectivity index (χ4v) is 1.22. The first-order valence-corrected chi connectivity index (χ1v) is 4.46. The highest BCUT2D eigenvalue weighted by atomic mass is 16.6. The summed E-state index contributed by atoms with van der Waals surface area (Å²) in [5.74, 6) is 0. The third kappa shape index (κ3) is 3.90. The van der Waals surface area contributed by atoms with Crippen LogP contribution < -0.4 is 0 Å². The Bertz CT molecular complexity index is 221. The molecule has 0 saturated carbocycles. The maximum absolute atomic E-state index is 4.91. The molecule has 13 heavy (non-hydrogen) atoms. The Morgan fingerprint density at radius 1 is 1.77 bits per heavy atom. The van der Waals surface area contributed by atoms with Gasteiger partial charge in [0.25, 0.3) is 0 Å². The molecule has 0 fully saturated rings. The first kappa shape index (κ1) is 9.99. The molecule has 0 N–H and O–H groups in total. The summed E-state index contributed by atoms with van der Waals surface area (Å²) in [5, 5.41) is 3.83. The van der Waals surface area contributed by atoms with Crippen LogP contribution in [0.4, 0.5) is 0 Å². The molecule has 3 heteroatoms. The molecule has 0 aromatic rings. The summed E-state index contributed by atoms with van der Waals surface area (Å²) in [4.78, 5) is 7.17. The second-order valence-corrected chi connectivity index (χ2v) is 3.12. The monoisotopic (exact) mass is 180 g/mol. The summed E-state index contributed by atoms with van der Waals surface area (Å²) in [6.45, 7) is 6.10. The normalized spacial score (nSPS) is 18.7. The minimum Gasteiger partial charge on any atom is -0.392 e. The van der Waals surface area contributed by atoms with E-state index in [9.17, 15) is 0 Å². The molecule has 0 saturated heterocycles. The quantitative estimate of drug-likeness (QED) is 0.283. The van der Waals surface area contributed by atoms with Crippen molar-refractivity contribution in [2.24, 2.45) is 5.16 Å². The number of nitrogens with zero attached hydrogens (tertiary/aromatic N) is 2. The van der Waals surface area contributed by atoms with E-state index in [0.29, 0.717) is 6.61 Å². The van der Waals surface area contributed by atoms with Crippen molar-refractivity contribution in [2.45, 2.75) is 6.42 Å². The first-order chi connectivity index (χ1) is 6.33. The van der Waals surface area contributed by atoms with Crippen LogP contribution in [-0.2, 0) is 4.84 Å². The van der Waals surface area contributed by atoms with Crippen LogP contribution in [0.1, 0.15) is 6.42 Å². The number of hydrogen-bond donors (Lipinski definition) is 0. The van der Waals surface area contributed by atoms with Crippen molar-refractivity contribution >= 4 is 6.21 Å². The van der Waals surface area contributed by atoms with Crippen molar-refractivity contribution in [1.29, 1.82) is 0 Å². The largest absolute Gasteiger partial charge is 0.392 e. The molecular formula is C10H16N2O. The van der Waals surface area contributed by atoms with Crippen LogP contribution in [0.3, 0.4) is 0 Å². The van der Waals surface area contributed by atoms with Crippen molar-refractivity contribution in [3.63, 3.8) is 0 Å². The van der Waals surface area contributed by atoms with Gasteiger partial charge in [-0.2, -0.15) is 0 Å². The second kappa shape index (κ2) is 5.54. The van der Waals surface area contributed by atoms with E-state index in [0.717, 1.165) is 19.5 Å². The molecular weight excluding hydrogens is 164 g/mol. The molecule has 72 valence electrons. The molecule has 0 radical (unpaired) electrons. The van der Waals surface area contributed by atoms with Gasteiger partial charge in [0, 0.05) is 13.1 Å². The van der Waals surface area contributed by atoms with Crippen LogP contribution in [0.15, 0.2) is 29.5 Å². The predicted octanol–water partition coefficient (Wildman–Crippen LogP) is 1.44. The van der Waals surface area contributed by atoms with E-state index >= 15 is 0 Å². The molecule has 1 aliphatic heterocycles. The highest BCUT2D eigenvalue weighted by Gasteiger charge is 2.05. The maximum Gasteiger partial charge on any atom is 0.135 e. The molecule has 1 aliphatic rings. The molecule has 0 amide bonds.